The Morgan fingerprint density at radius 2 is 1.06 bits per heavy atom. The van der Waals surface area contributed by atoms with Gasteiger partial charge in [0.2, 0.25) is 0 Å². The van der Waals surface area contributed by atoms with Crippen LogP contribution in [0.4, 0.5) is 0 Å². The maximum Gasteiger partial charge on any atom is 0.305 e. The van der Waals surface area contributed by atoms with Crippen molar-refractivity contribution in [3.63, 3.8) is 0 Å². The third-order valence-corrected chi connectivity index (χ3v) is 10.1. The molecule has 0 fully saturated rings. The highest BCUT2D eigenvalue weighted by molar-refractivity contribution is 7.94. The Bertz CT molecular complexity index is 878. The quantitative estimate of drug-likeness (QED) is 0.192. The zero-order valence-corrected chi connectivity index (χ0v) is 20.1. The maximum absolute atomic E-state index is 11.2. The van der Waals surface area contributed by atoms with Crippen LogP contribution >= 0.6 is 6.89 Å². The van der Waals surface area contributed by atoms with Gasteiger partial charge in [0.05, 0.1) is 7.11 Å². The van der Waals surface area contributed by atoms with Crippen molar-refractivity contribution in [1.82, 2.24) is 0 Å². The lowest BCUT2D eigenvalue weighted by Gasteiger charge is -2.29. The van der Waals surface area contributed by atoms with E-state index in [-0.39, 0.29) is 5.97 Å². The number of carbonyl (C=O) groups excluding carboxylic acids is 1. The van der Waals surface area contributed by atoms with Gasteiger partial charge in [-0.25, -0.2) is 0 Å². The monoisotopic (exact) mass is 446 g/mol. The number of methoxy groups -OCH3 is 1. The van der Waals surface area contributed by atoms with Crippen molar-refractivity contribution < 1.29 is 9.53 Å². The topological polar surface area (TPSA) is 26.3 Å². The normalized spacial score (nSPS) is 11.2. The Labute approximate surface area is 193 Å². The molecule has 3 rings (SSSR count). The number of hydrogen-bond donors (Lipinski definition) is 0. The second kappa shape index (κ2) is 13.1. The molecule has 0 aromatic heterocycles. The Morgan fingerprint density at radius 3 is 1.50 bits per heavy atom. The molecule has 0 atom stereocenters. The fraction of sp³-hybridized carbons (Fsp3) is 0.310. The molecule has 0 heterocycles. The van der Waals surface area contributed by atoms with Crippen LogP contribution in [0.5, 0.6) is 0 Å². The van der Waals surface area contributed by atoms with Crippen LogP contribution in [0.25, 0.3) is 0 Å². The van der Waals surface area contributed by atoms with E-state index in [4.69, 9.17) is 4.74 Å². The SMILES string of the molecule is COC(=O)CCCCCCCCC=P(c1ccccc1)(c1ccccc1)c1ccccc1. The predicted octanol–water partition coefficient (Wildman–Crippen LogP) is 6.08. The molecule has 0 amide bonds. The van der Waals surface area contributed by atoms with E-state index in [1.54, 1.807) is 0 Å². The number of unbranched alkanes of at least 4 members (excludes halogenated alkanes) is 6. The minimum Gasteiger partial charge on any atom is -0.469 e. The van der Waals surface area contributed by atoms with Gasteiger partial charge in [-0.1, -0.05) is 122 Å². The van der Waals surface area contributed by atoms with Crippen LogP contribution in [0.2, 0.25) is 0 Å². The lowest BCUT2D eigenvalue weighted by molar-refractivity contribution is -0.140. The molecule has 0 aliphatic heterocycles. The van der Waals surface area contributed by atoms with E-state index >= 15 is 0 Å². The molecule has 2 nitrogen and oxygen atoms in total. The van der Waals surface area contributed by atoms with E-state index < -0.39 is 6.89 Å². The lowest BCUT2D eigenvalue weighted by Crippen LogP contribution is -2.26. The first-order valence-electron chi connectivity index (χ1n) is 11.7. The molecule has 3 aromatic rings. The first kappa shape index (κ1) is 24.1. The van der Waals surface area contributed by atoms with Gasteiger partial charge in [0.1, 0.15) is 0 Å². The minimum atomic E-state index is -1.81. The van der Waals surface area contributed by atoms with Crippen molar-refractivity contribution in [3.05, 3.63) is 91.0 Å². The van der Waals surface area contributed by atoms with Crippen LogP contribution in [0.1, 0.15) is 51.4 Å². The molecule has 32 heavy (non-hydrogen) atoms. The summed E-state index contributed by atoms with van der Waals surface area (Å²) in [5.41, 5.74) is 0. The van der Waals surface area contributed by atoms with Crippen molar-refractivity contribution in [2.75, 3.05) is 7.11 Å². The number of rotatable bonds is 12. The highest BCUT2D eigenvalue weighted by atomic mass is 31.2. The fourth-order valence-electron chi connectivity index (χ4n) is 4.26. The minimum absolute atomic E-state index is 0.0948. The summed E-state index contributed by atoms with van der Waals surface area (Å²) in [4.78, 5) is 11.2. The summed E-state index contributed by atoms with van der Waals surface area (Å²) < 4.78 is 4.71. The number of hydrogen-bond acceptors (Lipinski definition) is 2. The molecular formula is C29H35O2P. The molecule has 0 bridgehead atoms. The van der Waals surface area contributed by atoms with Gasteiger partial charge in [0.15, 0.2) is 0 Å². The largest absolute Gasteiger partial charge is 0.469 e. The van der Waals surface area contributed by atoms with Gasteiger partial charge < -0.3 is 4.74 Å². The van der Waals surface area contributed by atoms with E-state index in [0.717, 1.165) is 19.3 Å². The number of ether oxygens (including phenoxy) is 1. The first-order valence-corrected chi connectivity index (χ1v) is 13.6. The summed E-state index contributed by atoms with van der Waals surface area (Å²) in [6.07, 6.45) is 8.53. The molecule has 3 heteroatoms. The predicted molar refractivity (Wildman–Crippen MR) is 140 cm³/mol. The molecule has 0 saturated carbocycles. The molecular weight excluding hydrogens is 411 g/mol. The van der Waals surface area contributed by atoms with Crippen LogP contribution in [0.15, 0.2) is 91.0 Å². The van der Waals surface area contributed by atoms with E-state index in [1.807, 2.05) is 0 Å². The van der Waals surface area contributed by atoms with Crippen molar-refractivity contribution in [2.24, 2.45) is 0 Å². The lowest BCUT2D eigenvalue weighted by atomic mass is 10.1. The van der Waals surface area contributed by atoms with Crippen molar-refractivity contribution in [1.29, 1.82) is 0 Å². The molecule has 0 saturated heterocycles. The zero-order valence-electron chi connectivity index (χ0n) is 19.2. The van der Waals surface area contributed by atoms with Gasteiger partial charge in [0.25, 0.3) is 0 Å². The highest BCUT2D eigenvalue weighted by Gasteiger charge is 2.24. The first-order chi connectivity index (χ1) is 15.8. The van der Waals surface area contributed by atoms with Gasteiger partial charge in [0, 0.05) is 6.42 Å². The summed E-state index contributed by atoms with van der Waals surface area (Å²) in [7, 11) is 1.46. The Kier molecular flexibility index (Phi) is 9.85. The fourth-order valence-corrected chi connectivity index (χ4v) is 8.28. The van der Waals surface area contributed by atoms with E-state index in [0.29, 0.717) is 6.42 Å². The molecule has 3 aromatic carbocycles. The molecule has 0 aliphatic carbocycles. The summed E-state index contributed by atoms with van der Waals surface area (Å²) in [5.74, 6) is 2.53. The summed E-state index contributed by atoms with van der Waals surface area (Å²) >= 11 is 0. The third kappa shape index (κ3) is 6.47. The van der Waals surface area contributed by atoms with Crippen molar-refractivity contribution in [2.45, 2.75) is 51.4 Å². The number of carbonyl (C=O) groups is 1. The van der Waals surface area contributed by atoms with Crippen LogP contribution in [0.3, 0.4) is 0 Å². The third-order valence-electron chi connectivity index (χ3n) is 5.96. The molecule has 0 aliphatic rings. The van der Waals surface area contributed by atoms with E-state index in [9.17, 15) is 4.79 Å². The number of esters is 1. The Morgan fingerprint density at radius 1 is 0.656 bits per heavy atom. The standard InChI is InChI=1S/C29H35O2P/c1-31-29(30)24-16-5-3-2-4-6-17-25-32(26-18-10-7-11-19-26,27-20-12-8-13-21-27)28-22-14-9-15-23-28/h7-15,18-23,25H,2-6,16-17,24H2,1H3. The van der Waals surface area contributed by atoms with Crippen LogP contribution in [-0.2, 0) is 9.53 Å². The molecule has 0 unspecified atom stereocenters. The Balaban J connectivity index is 1.75. The smallest absolute Gasteiger partial charge is 0.305 e. The molecule has 0 radical (unpaired) electrons. The van der Waals surface area contributed by atoms with Gasteiger partial charge in [-0.05, 0) is 42.1 Å². The zero-order chi connectivity index (χ0) is 22.5. The molecule has 0 spiro atoms. The average Bonchev–Trinajstić information content (AvgIpc) is 2.87. The van der Waals surface area contributed by atoms with Gasteiger partial charge in [-0.2, -0.15) is 0 Å². The van der Waals surface area contributed by atoms with E-state index in [2.05, 4.69) is 96.8 Å². The maximum atomic E-state index is 11.2. The second-order valence-electron chi connectivity index (χ2n) is 8.15. The summed E-state index contributed by atoms with van der Waals surface area (Å²) in [5, 5.41) is 4.25. The molecule has 0 N–H and O–H groups in total. The second-order valence-corrected chi connectivity index (χ2v) is 11.5. The van der Waals surface area contributed by atoms with Gasteiger partial charge >= 0.3 is 5.97 Å². The number of benzene rings is 3. The van der Waals surface area contributed by atoms with Crippen LogP contribution in [-0.4, -0.2) is 18.9 Å². The van der Waals surface area contributed by atoms with Gasteiger partial charge in [-0.15, -0.1) is 0 Å². The van der Waals surface area contributed by atoms with E-state index in [1.165, 1.54) is 48.7 Å². The Hall–Kier alpha value is -2.57. The summed E-state index contributed by atoms with van der Waals surface area (Å²) in [6, 6.07) is 33.1. The van der Waals surface area contributed by atoms with Crippen LogP contribution in [0, 0.1) is 0 Å². The van der Waals surface area contributed by atoms with Crippen molar-refractivity contribution in [3.8, 4) is 0 Å². The highest BCUT2D eigenvalue weighted by Crippen LogP contribution is 2.44. The van der Waals surface area contributed by atoms with Crippen LogP contribution < -0.4 is 15.9 Å². The molecule has 168 valence electrons. The van der Waals surface area contributed by atoms with Crippen molar-refractivity contribution >= 4 is 34.6 Å². The summed E-state index contributed by atoms with van der Waals surface area (Å²) in [6.45, 7) is -1.81. The van der Waals surface area contributed by atoms with Gasteiger partial charge in [-0.3, -0.25) is 4.79 Å². The average molecular weight is 447 g/mol.